The smallest absolute Gasteiger partial charge is 0.373 e. The molecule has 128 valence electrons. The number of hydrogen-bond donors (Lipinski definition) is 0. The summed E-state index contributed by atoms with van der Waals surface area (Å²) in [6.45, 7) is 0.601. The fourth-order valence-corrected chi connectivity index (χ4v) is 3.99. The van der Waals surface area contributed by atoms with Crippen LogP contribution in [0.5, 0.6) is 0 Å². The van der Waals surface area contributed by atoms with Gasteiger partial charge in [0.25, 0.3) is 0 Å². The molecule has 2 heterocycles. The molecule has 23 heavy (non-hydrogen) atoms. The van der Waals surface area contributed by atoms with Crippen LogP contribution in [0.3, 0.4) is 0 Å². The number of ether oxygens (including phenoxy) is 3. The molecule has 4 aliphatic rings. The van der Waals surface area contributed by atoms with Crippen LogP contribution in [-0.2, 0) is 28.6 Å². The van der Waals surface area contributed by atoms with Crippen molar-refractivity contribution in [2.75, 3.05) is 6.61 Å². The Balaban J connectivity index is 0.000000485. The summed E-state index contributed by atoms with van der Waals surface area (Å²) in [5.41, 5.74) is 0. The molecule has 6 unspecified atom stereocenters. The van der Waals surface area contributed by atoms with Crippen LogP contribution >= 0.6 is 0 Å². The van der Waals surface area contributed by atoms with Gasteiger partial charge < -0.3 is 14.2 Å². The number of carbonyl (C=O) groups excluding carboxylic acids is 3. The second kappa shape index (κ2) is 7.56. The Hall–Kier alpha value is -1.23. The highest BCUT2D eigenvalue weighted by molar-refractivity contribution is 5.69. The van der Waals surface area contributed by atoms with E-state index in [2.05, 4.69) is 0 Å². The van der Waals surface area contributed by atoms with Gasteiger partial charge in [0, 0.05) is 6.42 Å². The van der Waals surface area contributed by atoms with E-state index in [1.165, 1.54) is 12.8 Å². The Labute approximate surface area is 135 Å². The van der Waals surface area contributed by atoms with Gasteiger partial charge in [-0.15, -0.1) is 0 Å². The number of esters is 1. The van der Waals surface area contributed by atoms with Crippen molar-refractivity contribution >= 4 is 12.1 Å². The average molecular weight is 324 g/mol. The first kappa shape index (κ1) is 16.6. The number of rotatable bonds is 5. The van der Waals surface area contributed by atoms with E-state index in [9.17, 15) is 4.79 Å². The summed E-state index contributed by atoms with van der Waals surface area (Å²) in [5.74, 6) is 1.18. The third-order valence-corrected chi connectivity index (χ3v) is 5.46. The van der Waals surface area contributed by atoms with Crippen molar-refractivity contribution in [3.63, 3.8) is 0 Å². The van der Waals surface area contributed by atoms with E-state index < -0.39 is 0 Å². The summed E-state index contributed by atoms with van der Waals surface area (Å²) >= 11 is 0. The van der Waals surface area contributed by atoms with Gasteiger partial charge in [-0.2, -0.15) is 9.59 Å². The van der Waals surface area contributed by atoms with Crippen LogP contribution in [0.1, 0.15) is 51.4 Å². The zero-order valence-electron chi connectivity index (χ0n) is 13.3. The standard InChI is InChI=1S/C16H24O4.CO2/c17-16(6-3-10-1-4-12-14(7-10)19-12)18-9-11-2-5-13-15(8-11)20-13;2-1-3/h10-15H,1-9H2;. The predicted octanol–water partition coefficient (Wildman–Crippen LogP) is 1.86. The third-order valence-electron chi connectivity index (χ3n) is 5.46. The second-order valence-electron chi connectivity index (χ2n) is 7.09. The van der Waals surface area contributed by atoms with Crippen LogP contribution in [0, 0.1) is 11.8 Å². The van der Waals surface area contributed by atoms with Crippen molar-refractivity contribution in [2.24, 2.45) is 11.8 Å². The largest absolute Gasteiger partial charge is 0.465 e. The minimum atomic E-state index is -0.0114. The Kier molecular flexibility index (Phi) is 5.46. The first-order valence-electron chi connectivity index (χ1n) is 8.65. The molecule has 6 heteroatoms. The maximum Gasteiger partial charge on any atom is 0.373 e. The lowest BCUT2D eigenvalue weighted by molar-refractivity contribution is -0.191. The maximum atomic E-state index is 11.8. The van der Waals surface area contributed by atoms with Crippen molar-refractivity contribution in [1.82, 2.24) is 0 Å². The molecule has 0 aromatic carbocycles. The first-order valence-corrected chi connectivity index (χ1v) is 8.65. The average Bonchev–Trinajstić information content (AvgIpc) is 3.44. The molecule has 0 bridgehead atoms. The molecule has 0 aromatic heterocycles. The van der Waals surface area contributed by atoms with Crippen LogP contribution in [0.4, 0.5) is 0 Å². The van der Waals surface area contributed by atoms with E-state index >= 15 is 0 Å². The molecule has 0 radical (unpaired) electrons. The highest BCUT2D eigenvalue weighted by Gasteiger charge is 2.44. The van der Waals surface area contributed by atoms with E-state index in [1.54, 1.807) is 0 Å². The Morgan fingerprint density at radius 2 is 1.48 bits per heavy atom. The second-order valence-corrected chi connectivity index (χ2v) is 7.09. The monoisotopic (exact) mass is 324 g/mol. The summed E-state index contributed by atoms with van der Waals surface area (Å²) in [6.07, 6.45) is 10.8. The number of epoxide rings is 2. The van der Waals surface area contributed by atoms with Crippen LogP contribution in [0.25, 0.3) is 0 Å². The van der Waals surface area contributed by atoms with E-state index in [1.807, 2.05) is 0 Å². The molecule has 2 saturated carbocycles. The van der Waals surface area contributed by atoms with Gasteiger partial charge in [-0.05, 0) is 56.8 Å². The van der Waals surface area contributed by atoms with Crippen LogP contribution in [-0.4, -0.2) is 43.1 Å². The molecule has 4 rings (SSSR count). The van der Waals surface area contributed by atoms with Gasteiger partial charge >= 0.3 is 12.1 Å². The lowest BCUT2D eigenvalue weighted by Gasteiger charge is -2.20. The molecule has 6 atom stereocenters. The maximum absolute atomic E-state index is 11.8. The molecule has 0 amide bonds. The summed E-state index contributed by atoms with van der Waals surface area (Å²) < 4.78 is 16.5. The highest BCUT2D eigenvalue weighted by atomic mass is 16.6. The molecule has 0 spiro atoms. The molecular formula is C17H24O6. The Bertz CT molecular complexity index is 424. The predicted molar refractivity (Wildman–Crippen MR) is 77.2 cm³/mol. The van der Waals surface area contributed by atoms with E-state index in [0.717, 1.165) is 32.1 Å². The van der Waals surface area contributed by atoms with Gasteiger partial charge in [-0.3, -0.25) is 4.79 Å². The zero-order valence-corrected chi connectivity index (χ0v) is 13.3. The van der Waals surface area contributed by atoms with Gasteiger partial charge in [0.2, 0.25) is 0 Å². The summed E-state index contributed by atoms with van der Waals surface area (Å²) in [7, 11) is 0. The molecule has 2 aliphatic heterocycles. The minimum absolute atomic E-state index is 0.0114. The van der Waals surface area contributed by atoms with Crippen LogP contribution in [0.15, 0.2) is 0 Å². The lowest BCUT2D eigenvalue weighted by atomic mass is 9.86. The fourth-order valence-electron chi connectivity index (χ4n) is 3.99. The summed E-state index contributed by atoms with van der Waals surface area (Å²) in [6, 6.07) is 0. The molecule has 2 saturated heterocycles. The van der Waals surface area contributed by atoms with Crippen molar-refractivity contribution in [2.45, 2.75) is 75.8 Å². The Morgan fingerprint density at radius 3 is 2.09 bits per heavy atom. The quantitative estimate of drug-likeness (QED) is 0.567. The van der Waals surface area contributed by atoms with Crippen molar-refractivity contribution in [1.29, 1.82) is 0 Å². The zero-order chi connectivity index (χ0) is 16.2. The number of fused-ring (bicyclic) bond motifs is 2. The first-order chi connectivity index (χ1) is 11.2. The number of carbonyl (C=O) groups is 1. The van der Waals surface area contributed by atoms with Gasteiger partial charge in [0.15, 0.2) is 0 Å². The summed E-state index contributed by atoms with van der Waals surface area (Å²) in [5, 5.41) is 0. The van der Waals surface area contributed by atoms with Crippen molar-refractivity contribution in [3.8, 4) is 0 Å². The van der Waals surface area contributed by atoms with Gasteiger partial charge in [-0.25, -0.2) is 0 Å². The van der Waals surface area contributed by atoms with Gasteiger partial charge in [-0.1, -0.05) is 0 Å². The fraction of sp³-hybridized carbons (Fsp3) is 0.882. The molecule has 0 N–H and O–H groups in total. The van der Waals surface area contributed by atoms with Gasteiger partial charge in [0.05, 0.1) is 31.0 Å². The van der Waals surface area contributed by atoms with Crippen LogP contribution < -0.4 is 0 Å². The molecule has 2 aliphatic carbocycles. The third kappa shape index (κ3) is 4.87. The van der Waals surface area contributed by atoms with E-state index in [-0.39, 0.29) is 12.1 Å². The molecule has 4 fully saturated rings. The molecular weight excluding hydrogens is 300 g/mol. The van der Waals surface area contributed by atoms with E-state index in [4.69, 9.17) is 23.8 Å². The molecule has 6 nitrogen and oxygen atoms in total. The SMILES string of the molecule is O=C(CCC1CCC2OC2C1)OCC1CCC2OC2C1.O=C=O. The molecule has 0 aromatic rings. The van der Waals surface area contributed by atoms with Crippen molar-refractivity contribution < 1.29 is 28.6 Å². The van der Waals surface area contributed by atoms with E-state index in [0.29, 0.717) is 49.3 Å². The topological polar surface area (TPSA) is 85.5 Å². The minimum Gasteiger partial charge on any atom is -0.465 e. The normalized spacial score (nSPS) is 39.7. The van der Waals surface area contributed by atoms with Gasteiger partial charge in [0.1, 0.15) is 0 Å². The van der Waals surface area contributed by atoms with Crippen molar-refractivity contribution in [3.05, 3.63) is 0 Å². The lowest BCUT2D eigenvalue weighted by Crippen LogP contribution is -2.21. The number of hydrogen-bond acceptors (Lipinski definition) is 6. The summed E-state index contributed by atoms with van der Waals surface area (Å²) in [4.78, 5) is 28.1. The van der Waals surface area contributed by atoms with Crippen LogP contribution in [0.2, 0.25) is 0 Å². The Morgan fingerprint density at radius 1 is 0.913 bits per heavy atom. The highest BCUT2D eigenvalue weighted by Crippen LogP contribution is 2.41.